The molecule has 0 aromatic heterocycles. The Morgan fingerprint density at radius 2 is 2.23 bits per heavy atom. The van der Waals surface area contributed by atoms with Crippen LogP contribution in [0.25, 0.3) is 0 Å². The standard InChI is InChI=1S/C8H15N3O2/c1-13-8(12)7(9)6-4-2-3-5-11(6)10/h2-5,9-10H2,1H3/b7-6-. The van der Waals surface area contributed by atoms with Crippen molar-refractivity contribution in [3.63, 3.8) is 0 Å². The SMILES string of the molecule is COC(=O)/C(N)=C1\CCCCN1N. The lowest BCUT2D eigenvalue weighted by molar-refractivity contribution is -0.136. The van der Waals surface area contributed by atoms with E-state index in [-0.39, 0.29) is 5.70 Å². The summed E-state index contributed by atoms with van der Waals surface area (Å²) in [5.41, 5.74) is 6.40. The first kappa shape index (κ1) is 9.85. The summed E-state index contributed by atoms with van der Waals surface area (Å²) in [4.78, 5) is 11.1. The van der Waals surface area contributed by atoms with Crippen molar-refractivity contribution in [1.82, 2.24) is 5.01 Å². The van der Waals surface area contributed by atoms with Gasteiger partial charge in [0.15, 0.2) is 0 Å². The zero-order valence-corrected chi connectivity index (χ0v) is 7.75. The van der Waals surface area contributed by atoms with Gasteiger partial charge in [0.1, 0.15) is 5.70 Å². The van der Waals surface area contributed by atoms with E-state index in [2.05, 4.69) is 4.74 Å². The zero-order chi connectivity index (χ0) is 9.84. The normalized spacial score (nSPS) is 21.2. The number of carbonyl (C=O) groups excluding carboxylic acids is 1. The summed E-state index contributed by atoms with van der Waals surface area (Å²) in [6, 6.07) is 0. The van der Waals surface area contributed by atoms with Gasteiger partial charge in [0.05, 0.1) is 12.8 Å². The minimum Gasteiger partial charge on any atom is -0.464 e. The number of esters is 1. The number of ether oxygens (including phenoxy) is 1. The highest BCUT2D eigenvalue weighted by Gasteiger charge is 2.19. The van der Waals surface area contributed by atoms with Gasteiger partial charge < -0.3 is 15.5 Å². The van der Waals surface area contributed by atoms with Crippen molar-refractivity contribution >= 4 is 5.97 Å². The molecule has 1 heterocycles. The van der Waals surface area contributed by atoms with Crippen LogP contribution in [-0.2, 0) is 9.53 Å². The van der Waals surface area contributed by atoms with Crippen LogP contribution < -0.4 is 11.6 Å². The quantitative estimate of drug-likeness (QED) is 0.332. The highest BCUT2D eigenvalue weighted by atomic mass is 16.5. The Kier molecular flexibility index (Phi) is 3.13. The number of methoxy groups -OCH3 is 1. The Morgan fingerprint density at radius 3 is 2.77 bits per heavy atom. The molecule has 13 heavy (non-hydrogen) atoms. The zero-order valence-electron chi connectivity index (χ0n) is 7.75. The lowest BCUT2D eigenvalue weighted by Gasteiger charge is -2.27. The molecular weight excluding hydrogens is 170 g/mol. The number of hydrogen-bond acceptors (Lipinski definition) is 5. The van der Waals surface area contributed by atoms with Crippen LogP contribution in [-0.4, -0.2) is 24.6 Å². The summed E-state index contributed by atoms with van der Waals surface area (Å²) >= 11 is 0. The Balaban J connectivity index is 2.80. The highest BCUT2D eigenvalue weighted by molar-refractivity contribution is 5.88. The van der Waals surface area contributed by atoms with Crippen LogP contribution in [0, 0.1) is 0 Å². The molecule has 1 saturated heterocycles. The number of nitrogens with two attached hydrogens (primary N) is 2. The van der Waals surface area contributed by atoms with Crippen molar-refractivity contribution < 1.29 is 9.53 Å². The first-order valence-electron chi connectivity index (χ1n) is 4.26. The molecule has 1 aliphatic rings. The number of hydrogen-bond donors (Lipinski definition) is 2. The number of allylic oxidation sites excluding steroid dienone is 1. The van der Waals surface area contributed by atoms with E-state index < -0.39 is 5.97 Å². The van der Waals surface area contributed by atoms with Gasteiger partial charge in [0.25, 0.3) is 0 Å². The largest absolute Gasteiger partial charge is 0.464 e. The van der Waals surface area contributed by atoms with E-state index in [1.165, 1.54) is 12.1 Å². The molecule has 0 radical (unpaired) electrons. The predicted octanol–water partition coefficient (Wildman–Crippen LogP) is -0.311. The van der Waals surface area contributed by atoms with Crippen molar-refractivity contribution in [1.29, 1.82) is 0 Å². The van der Waals surface area contributed by atoms with Gasteiger partial charge >= 0.3 is 5.97 Å². The van der Waals surface area contributed by atoms with E-state index in [1.807, 2.05) is 0 Å². The van der Waals surface area contributed by atoms with Crippen molar-refractivity contribution in [3.05, 3.63) is 11.4 Å². The summed E-state index contributed by atoms with van der Waals surface area (Å²) in [7, 11) is 1.30. The number of hydrazine groups is 1. The molecule has 0 amide bonds. The topological polar surface area (TPSA) is 81.6 Å². The number of rotatable bonds is 1. The average molecular weight is 185 g/mol. The molecule has 74 valence electrons. The maximum Gasteiger partial charge on any atom is 0.355 e. The van der Waals surface area contributed by atoms with E-state index in [4.69, 9.17) is 11.6 Å². The molecule has 0 bridgehead atoms. The molecule has 1 rings (SSSR count). The summed E-state index contributed by atoms with van der Waals surface area (Å²) in [5.74, 6) is 5.15. The van der Waals surface area contributed by atoms with Crippen LogP contribution in [0.2, 0.25) is 0 Å². The van der Waals surface area contributed by atoms with Gasteiger partial charge in [-0.2, -0.15) is 0 Å². The van der Waals surface area contributed by atoms with Crippen LogP contribution in [0.1, 0.15) is 19.3 Å². The fraction of sp³-hybridized carbons (Fsp3) is 0.625. The minimum atomic E-state index is -0.507. The average Bonchev–Trinajstić information content (AvgIpc) is 2.16. The molecule has 5 heteroatoms. The van der Waals surface area contributed by atoms with Gasteiger partial charge in [-0.3, -0.25) is 0 Å². The summed E-state index contributed by atoms with van der Waals surface area (Å²) in [5, 5.41) is 1.52. The molecule has 1 fully saturated rings. The van der Waals surface area contributed by atoms with E-state index >= 15 is 0 Å². The van der Waals surface area contributed by atoms with Gasteiger partial charge in [-0.25, -0.2) is 10.6 Å². The van der Waals surface area contributed by atoms with E-state index in [1.54, 1.807) is 0 Å². The van der Waals surface area contributed by atoms with E-state index in [0.29, 0.717) is 5.70 Å². The van der Waals surface area contributed by atoms with Gasteiger partial charge in [-0.1, -0.05) is 0 Å². The predicted molar refractivity (Wildman–Crippen MR) is 48.0 cm³/mol. The first-order valence-corrected chi connectivity index (χ1v) is 4.26. The van der Waals surface area contributed by atoms with Crippen LogP contribution in [0.4, 0.5) is 0 Å². The molecule has 0 atom stereocenters. The summed E-state index contributed by atoms with van der Waals surface area (Å²) < 4.78 is 4.51. The second-order valence-corrected chi connectivity index (χ2v) is 3.00. The lowest BCUT2D eigenvalue weighted by atomic mass is 10.1. The van der Waals surface area contributed by atoms with Crippen molar-refractivity contribution in [2.24, 2.45) is 11.6 Å². The van der Waals surface area contributed by atoms with Crippen LogP contribution in [0.5, 0.6) is 0 Å². The fourth-order valence-corrected chi connectivity index (χ4v) is 1.37. The van der Waals surface area contributed by atoms with Crippen LogP contribution in [0.15, 0.2) is 11.4 Å². The fourth-order valence-electron chi connectivity index (χ4n) is 1.37. The molecule has 0 unspecified atom stereocenters. The highest BCUT2D eigenvalue weighted by Crippen LogP contribution is 2.18. The summed E-state index contributed by atoms with van der Waals surface area (Å²) in [6.45, 7) is 0.743. The van der Waals surface area contributed by atoms with Gasteiger partial charge in [0.2, 0.25) is 0 Å². The Morgan fingerprint density at radius 1 is 1.54 bits per heavy atom. The molecular formula is C8H15N3O2. The molecule has 0 spiro atoms. The first-order chi connectivity index (χ1) is 6.16. The van der Waals surface area contributed by atoms with Gasteiger partial charge in [-0.05, 0) is 19.3 Å². The number of piperidine rings is 1. The third-order valence-corrected chi connectivity index (χ3v) is 2.13. The molecule has 4 N–H and O–H groups in total. The van der Waals surface area contributed by atoms with Crippen molar-refractivity contribution in [2.75, 3.05) is 13.7 Å². The molecule has 0 aromatic carbocycles. The van der Waals surface area contributed by atoms with Crippen molar-refractivity contribution in [3.8, 4) is 0 Å². The Labute approximate surface area is 77.3 Å². The summed E-state index contributed by atoms with van der Waals surface area (Å²) in [6.07, 6.45) is 2.80. The second kappa shape index (κ2) is 4.13. The van der Waals surface area contributed by atoms with E-state index in [9.17, 15) is 4.79 Å². The Hall–Kier alpha value is -1.23. The third kappa shape index (κ3) is 2.12. The third-order valence-electron chi connectivity index (χ3n) is 2.13. The Bertz CT molecular complexity index is 238. The molecule has 0 saturated carbocycles. The monoisotopic (exact) mass is 185 g/mol. The van der Waals surface area contributed by atoms with Crippen LogP contribution >= 0.6 is 0 Å². The maximum absolute atomic E-state index is 11.1. The molecule has 0 aromatic rings. The van der Waals surface area contributed by atoms with Crippen LogP contribution in [0.3, 0.4) is 0 Å². The van der Waals surface area contributed by atoms with Gasteiger partial charge in [-0.15, -0.1) is 0 Å². The second-order valence-electron chi connectivity index (χ2n) is 3.00. The number of carbonyl (C=O) groups is 1. The van der Waals surface area contributed by atoms with Gasteiger partial charge in [0, 0.05) is 6.54 Å². The van der Waals surface area contributed by atoms with E-state index in [0.717, 1.165) is 25.8 Å². The lowest BCUT2D eigenvalue weighted by Crippen LogP contribution is -2.37. The molecule has 0 aliphatic carbocycles. The number of nitrogens with zero attached hydrogens (tertiary/aromatic N) is 1. The smallest absolute Gasteiger partial charge is 0.355 e. The molecule has 5 nitrogen and oxygen atoms in total. The minimum absolute atomic E-state index is 0.129. The van der Waals surface area contributed by atoms with Crippen molar-refractivity contribution in [2.45, 2.75) is 19.3 Å². The maximum atomic E-state index is 11.1. The molecule has 1 aliphatic heterocycles.